The van der Waals surface area contributed by atoms with E-state index in [4.69, 9.17) is 5.11 Å². The first-order valence-corrected chi connectivity index (χ1v) is 10.9. The second kappa shape index (κ2) is 8.70. The van der Waals surface area contributed by atoms with Gasteiger partial charge in [0.25, 0.3) is 5.91 Å². The number of amides is 2. The maximum atomic E-state index is 14.7. The predicted molar refractivity (Wildman–Crippen MR) is 117 cm³/mol. The van der Waals surface area contributed by atoms with Crippen LogP contribution in [0.5, 0.6) is 0 Å². The van der Waals surface area contributed by atoms with E-state index in [1.165, 1.54) is 12.1 Å². The Kier molecular flexibility index (Phi) is 5.59. The summed E-state index contributed by atoms with van der Waals surface area (Å²) in [5, 5.41) is 20.1. The van der Waals surface area contributed by atoms with Crippen LogP contribution in [-0.4, -0.2) is 54.7 Å². The minimum atomic E-state index is -0.620. The van der Waals surface area contributed by atoms with Crippen molar-refractivity contribution >= 4 is 17.6 Å². The lowest BCUT2D eigenvalue weighted by molar-refractivity contribution is -0.132. The van der Waals surface area contributed by atoms with E-state index in [1.54, 1.807) is 23.1 Å². The van der Waals surface area contributed by atoms with Gasteiger partial charge in [-0.2, -0.15) is 0 Å². The number of aliphatic hydroxyl groups excluding tert-OH is 1. The zero-order chi connectivity index (χ0) is 22.9. The number of nitrogens with one attached hydrogen (secondary N) is 1. The molecule has 170 valence electrons. The molecule has 0 unspecified atom stereocenters. The molecule has 3 aromatic rings. The number of hydrogen-bond acceptors (Lipinski definition) is 6. The number of halogens is 1. The Bertz CT molecular complexity index is 1240. The smallest absolute Gasteiger partial charge is 0.259 e. The molecule has 2 N–H and O–H groups in total. The van der Waals surface area contributed by atoms with Crippen molar-refractivity contribution < 1.29 is 19.1 Å². The number of carbonyl (C=O) groups excluding carboxylic acids is 2. The molecule has 1 aromatic carbocycles. The van der Waals surface area contributed by atoms with Gasteiger partial charge in [-0.25, -0.2) is 9.37 Å². The van der Waals surface area contributed by atoms with Gasteiger partial charge in [-0.3, -0.25) is 9.59 Å². The van der Waals surface area contributed by atoms with Crippen molar-refractivity contribution in [1.82, 2.24) is 24.6 Å². The first-order valence-electron chi connectivity index (χ1n) is 10.9. The summed E-state index contributed by atoms with van der Waals surface area (Å²) in [6.07, 6.45) is 2.43. The molecule has 0 saturated heterocycles. The van der Waals surface area contributed by atoms with Gasteiger partial charge in [-0.05, 0) is 48.2 Å². The van der Waals surface area contributed by atoms with E-state index in [1.807, 2.05) is 4.57 Å². The number of anilines is 1. The fraction of sp³-hybridized carbons (Fsp3) is 0.348. The molecule has 0 aliphatic carbocycles. The number of fused-ring (bicyclic) bond motifs is 2. The van der Waals surface area contributed by atoms with Gasteiger partial charge in [0.1, 0.15) is 23.2 Å². The molecule has 4 heterocycles. The van der Waals surface area contributed by atoms with Gasteiger partial charge in [-0.1, -0.05) is 6.07 Å². The van der Waals surface area contributed by atoms with Gasteiger partial charge in [0.05, 0.1) is 12.2 Å². The number of nitrogens with zero attached hydrogens (tertiary/aromatic N) is 5. The summed E-state index contributed by atoms with van der Waals surface area (Å²) >= 11 is 0. The highest BCUT2D eigenvalue weighted by Crippen LogP contribution is 2.25. The van der Waals surface area contributed by atoms with Gasteiger partial charge >= 0.3 is 0 Å². The Balaban J connectivity index is 1.36. The Morgan fingerprint density at radius 3 is 2.85 bits per heavy atom. The monoisotopic (exact) mass is 450 g/mol. The summed E-state index contributed by atoms with van der Waals surface area (Å²) in [7, 11) is 0. The van der Waals surface area contributed by atoms with Gasteiger partial charge in [0, 0.05) is 32.5 Å². The van der Waals surface area contributed by atoms with Crippen LogP contribution >= 0.6 is 0 Å². The summed E-state index contributed by atoms with van der Waals surface area (Å²) in [4.78, 5) is 31.1. The van der Waals surface area contributed by atoms with Crippen LogP contribution in [0, 0.1) is 5.82 Å². The Morgan fingerprint density at radius 1 is 1.12 bits per heavy atom. The molecule has 2 aromatic heterocycles. The average Bonchev–Trinajstić information content (AvgIpc) is 3.43. The normalized spacial score (nSPS) is 14.7. The molecule has 2 amide bonds. The topological polar surface area (TPSA) is 113 Å². The predicted octanol–water partition coefficient (Wildman–Crippen LogP) is 1.94. The molecule has 2 aliphatic heterocycles. The van der Waals surface area contributed by atoms with Crippen LogP contribution in [0.3, 0.4) is 0 Å². The molecule has 0 bridgehead atoms. The molecular weight excluding hydrogens is 427 g/mol. The summed E-state index contributed by atoms with van der Waals surface area (Å²) < 4.78 is 16.8. The fourth-order valence-electron chi connectivity index (χ4n) is 4.37. The summed E-state index contributed by atoms with van der Waals surface area (Å²) in [6.45, 7) is 1.34. The lowest BCUT2D eigenvalue weighted by atomic mass is 9.96. The second-order valence-electron chi connectivity index (χ2n) is 8.20. The summed E-state index contributed by atoms with van der Waals surface area (Å²) in [5.41, 5.74) is 1.97. The van der Waals surface area contributed by atoms with Crippen molar-refractivity contribution in [1.29, 1.82) is 0 Å². The Labute approximate surface area is 189 Å². The fourth-order valence-corrected chi connectivity index (χ4v) is 4.37. The number of rotatable bonds is 5. The number of aryl methyl sites for hydroxylation is 1. The van der Waals surface area contributed by atoms with Crippen LogP contribution in [0.4, 0.5) is 10.2 Å². The van der Waals surface area contributed by atoms with Crippen LogP contribution in [0.2, 0.25) is 0 Å². The minimum absolute atomic E-state index is 0.0428. The number of aliphatic hydroxyl groups is 1. The van der Waals surface area contributed by atoms with Crippen molar-refractivity contribution in [3.05, 3.63) is 58.7 Å². The van der Waals surface area contributed by atoms with Crippen molar-refractivity contribution in [3.8, 4) is 11.5 Å². The van der Waals surface area contributed by atoms with E-state index in [0.29, 0.717) is 24.5 Å². The summed E-state index contributed by atoms with van der Waals surface area (Å²) in [5.74, 6) is 0.442. The molecule has 33 heavy (non-hydrogen) atoms. The van der Waals surface area contributed by atoms with Crippen molar-refractivity contribution in [2.45, 2.75) is 38.8 Å². The molecule has 10 heteroatoms. The molecule has 2 aliphatic rings. The van der Waals surface area contributed by atoms with E-state index in [9.17, 15) is 14.0 Å². The van der Waals surface area contributed by atoms with E-state index < -0.39 is 11.7 Å². The van der Waals surface area contributed by atoms with Crippen molar-refractivity contribution in [2.24, 2.45) is 0 Å². The number of pyridine rings is 1. The van der Waals surface area contributed by atoms with E-state index in [-0.39, 0.29) is 36.9 Å². The largest absolute Gasteiger partial charge is 0.396 e. The van der Waals surface area contributed by atoms with Crippen LogP contribution in [0.15, 0.2) is 30.3 Å². The molecule has 0 saturated carbocycles. The minimum Gasteiger partial charge on any atom is -0.396 e. The number of carbonyl (C=O) groups is 2. The molecule has 0 radical (unpaired) electrons. The highest BCUT2D eigenvalue weighted by atomic mass is 19.1. The van der Waals surface area contributed by atoms with Crippen LogP contribution in [-0.2, 0) is 30.7 Å². The van der Waals surface area contributed by atoms with Gasteiger partial charge < -0.3 is 19.9 Å². The lowest BCUT2D eigenvalue weighted by Gasteiger charge is -2.29. The molecule has 0 atom stereocenters. The van der Waals surface area contributed by atoms with Crippen LogP contribution in [0.1, 0.15) is 40.2 Å². The van der Waals surface area contributed by atoms with E-state index in [2.05, 4.69) is 20.5 Å². The molecular formula is C23H23FN6O3. The first kappa shape index (κ1) is 21.2. The summed E-state index contributed by atoms with van der Waals surface area (Å²) in [6, 6.07) is 8.04. The van der Waals surface area contributed by atoms with Gasteiger partial charge in [-0.15, -0.1) is 10.2 Å². The highest BCUT2D eigenvalue weighted by molar-refractivity contribution is 6.04. The number of benzene rings is 1. The zero-order valence-corrected chi connectivity index (χ0v) is 17.9. The van der Waals surface area contributed by atoms with Gasteiger partial charge in [0.2, 0.25) is 5.91 Å². The van der Waals surface area contributed by atoms with Crippen LogP contribution in [0.25, 0.3) is 11.5 Å². The van der Waals surface area contributed by atoms with E-state index >= 15 is 0 Å². The SMILES string of the molecule is O=C(Nc1cccc(-c2nnc3n2CCC3)n1)c1cc2c(cc1F)CCN(C(=O)CCO)C2. The third kappa shape index (κ3) is 4.09. The van der Waals surface area contributed by atoms with Gasteiger partial charge in [0.15, 0.2) is 5.82 Å². The highest BCUT2D eigenvalue weighted by Gasteiger charge is 2.24. The second-order valence-corrected chi connectivity index (χ2v) is 8.20. The Morgan fingerprint density at radius 2 is 2.00 bits per heavy atom. The molecule has 0 fully saturated rings. The molecule has 9 nitrogen and oxygen atoms in total. The number of hydrogen-bond donors (Lipinski definition) is 2. The van der Waals surface area contributed by atoms with Crippen LogP contribution < -0.4 is 5.32 Å². The molecule has 5 rings (SSSR count). The maximum absolute atomic E-state index is 14.7. The zero-order valence-electron chi connectivity index (χ0n) is 17.9. The van der Waals surface area contributed by atoms with Crippen molar-refractivity contribution in [3.63, 3.8) is 0 Å². The third-order valence-corrected chi connectivity index (χ3v) is 6.05. The maximum Gasteiger partial charge on any atom is 0.259 e. The third-order valence-electron chi connectivity index (χ3n) is 6.05. The Hall–Kier alpha value is -3.66. The van der Waals surface area contributed by atoms with E-state index in [0.717, 1.165) is 36.3 Å². The number of aromatic nitrogens is 4. The lowest BCUT2D eigenvalue weighted by Crippen LogP contribution is -2.36. The first-order chi connectivity index (χ1) is 16.0. The quantitative estimate of drug-likeness (QED) is 0.614. The van der Waals surface area contributed by atoms with Crippen molar-refractivity contribution in [2.75, 3.05) is 18.5 Å². The molecule has 0 spiro atoms. The average molecular weight is 450 g/mol. The standard InChI is InChI=1S/C23H23FN6O3/c24-17-12-14-6-9-29(21(32)7-10-31)13-15(14)11-16(17)23(33)26-19-4-1-3-18(25-19)22-28-27-20-5-2-8-30(20)22/h1,3-4,11-12,31H,2,5-10,13H2,(H,25,26,33).